The third-order valence-electron chi connectivity index (χ3n) is 3.99. The van der Waals surface area contributed by atoms with E-state index in [0.717, 1.165) is 5.56 Å². The topological polar surface area (TPSA) is 104 Å². The maximum Gasteiger partial charge on any atom is 0.257 e. The number of aromatic nitrogens is 4. The Hall–Kier alpha value is -2.97. The number of carbonyl (C=O) groups is 2. The Balaban J connectivity index is 1.59. The molecule has 2 amide bonds. The maximum atomic E-state index is 12.5. The Morgan fingerprint density at radius 2 is 1.88 bits per heavy atom. The van der Waals surface area contributed by atoms with Gasteiger partial charge in [0.15, 0.2) is 0 Å². The van der Waals surface area contributed by atoms with Crippen LogP contribution >= 0.6 is 0 Å². The number of aryl methyl sites for hydroxylation is 1. The van der Waals surface area contributed by atoms with Crippen molar-refractivity contribution in [1.82, 2.24) is 30.0 Å². The highest BCUT2D eigenvalue weighted by atomic mass is 16.3. The smallest absolute Gasteiger partial charge is 0.257 e. The molecule has 1 fully saturated rings. The van der Waals surface area contributed by atoms with Gasteiger partial charge in [0.2, 0.25) is 5.91 Å². The standard InChI is InChI=1S/C15H18N6O3/c1-11-2-3-13(22)12(8-11)15(24)20-6-4-19(5-7-20)14(23)9-21-10-16-17-18-21/h2-3,8,10,22H,4-7,9H2,1H3. The van der Waals surface area contributed by atoms with Gasteiger partial charge in [-0.2, -0.15) is 0 Å². The number of carbonyl (C=O) groups excluding carboxylic acids is 2. The zero-order valence-electron chi connectivity index (χ0n) is 13.3. The Labute approximate surface area is 138 Å². The quantitative estimate of drug-likeness (QED) is 0.826. The number of hydrogen-bond acceptors (Lipinski definition) is 6. The lowest BCUT2D eigenvalue weighted by atomic mass is 10.1. The van der Waals surface area contributed by atoms with Crippen molar-refractivity contribution in [2.24, 2.45) is 0 Å². The maximum absolute atomic E-state index is 12.5. The molecule has 1 N–H and O–H groups in total. The number of phenolic OH excluding ortho intramolecular Hbond substituents is 1. The van der Waals surface area contributed by atoms with Crippen LogP contribution in [-0.2, 0) is 11.3 Å². The van der Waals surface area contributed by atoms with Crippen LogP contribution in [0.25, 0.3) is 0 Å². The molecule has 1 aliphatic rings. The summed E-state index contributed by atoms with van der Waals surface area (Å²) in [6.45, 7) is 3.69. The molecule has 9 nitrogen and oxygen atoms in total. The molecule has 0 spiro atoms. The second-order valence-corrected chi connectivity index (χ2v) is 5.70. The molecule has 1 aromatic carbocycles. The average Bonchev–Trinajstić information content (AvgIpc) is 3.09. The zero-order valence-corrected chi connectivity index (χ0v) is 13.3. The number of nitrogens with zero attached hydrogens (tertiary/aromatic N) is 6. The van der Waals surface area contributed by atoms with E-state index in [2.05, 4.69) is 15.5 Å². The fourth-order valence-electron chi connectivity index (χ4n) is 2.64. The van der Waals surface area contributed by atoms with E-state index < -0.39 is 0 Å². The molecular weight excluding hydrogens is 312 g/mol. The lowest BCUT2D eigenvalue weighted by Crippen LogP contribution is -2.51. The summed E-state index contributed by atoms with van der Waals surface area (Å²) in [5, 5.41) is 20.5. The summed E-state index contributed by atoms with van der Waals surface area (Å²) < 4.78 is 1.37. The fourth-order valence-corrected chi connectivity index (χ4v) is 2.64. The predicted octanol–water partition coefficient (Wildman–Crippen LogP) is -0.328. The number of hydrogen-bond donors (Lipinski definition) is 1. The lowest BCUT2D eigenvalue weighted by molar-refractivity contribution is -0.133. The van der Waals surface area contributed by atoms with Crippen molar-refractivity contribution in [2.75, 3.05) is 26.2 Å². The summed E-state index contributed by atoms with van der Waals surface area (Å²) in [7, 11) is 0. The summed E-state index contributed by atoms with van der Waals surface area (Å²) in [6, 6.07) is 4.95. The number of aromatic hydroxyl groups is 1. The minimum Gasteiger partial charge on any atom is -0.507 e. The average molecular weight is 330 g/mol. The number of tetrazole rings is 1. The molecule has 2 heterocycles. The Morgan fingerprint density at radius 3 is 2.54 bits per heavy atom. The van der Waals surface area contributed by atoms with Crippen LogP contribution in [0.4, 0.5) is 0 Å². The highest BCUT2D eigenvalue weighted by Gasteiger charge is 2.26. The molecule has 9 heteroatoms. The van der Waals surface area contributed by atoms with Crippen LogP contribution in [-0.4, -0.2) is 73.1 Å². The summed E-state index contributed by atoms with van der Waals surface area (Å²) in [6.07, 6.45) is 1.39. The molecule has 3 rings (SSSR count). The largest absolute Gasteiger partial charge is 0.507 e. The first-order valence-corrected chi connectivity index (χ1v) is 7.62. The molecule has 0 unspecified atom stereocenters. The summed E-state index contributed by atoms with van der Waals surface area (Å²) in [5.41, 5.74) is 1.20. The van der Waals surface area contributed by atoms with Gasteiger partial charge in [0, 0.05) is 26.2 Å². The van der Waals surface area contributed by atoms with Crippen molar-refractivity contribution in [3.63, 3.8) is 0 Å². The molecule has 0 atom stereocenters. The molecule has 1 aliphatic heterocycles. The van der Waals surface area contributed by atoms with E-state index in [9.17, 15) is 14.7 Å². The van der Waals surface area contributed by atoms with Crippen molar-refractivity contribution < 1.29 is 14.7 Å². The van der Waals surface area contributed by atoms with Crippen molar-refractivity contribution in [2.45, 2.75) is 13.5 Å². The predicted molar refractivity (Wildman–Crippen MR) is 83.1 cm³/mol. The van der Waals surface area contributed by atoms with Gasteiger partial charge in [-0.1, -0.05) is 11.6 Å². The third kappa shape index (κ3) is 3.34. The minimum absolute atomic E-state index is 0.0252. The first kappa shape index (κ1) is 15.9. The zero-order chi connectivity index (χ0) is 17.1. The van der Waals surface area contributed by atoms with E-state index in [0.29, 0.717) is 31.7 Å². The van der Waals surface area contributed by atoms with Gasteiger partial charge in [-0.3, -0.25) is 9.59 Å². The first-order valence-electron chi connectivity index (χ1n) is 7.62. The molecule has 2 aromatic rings. The number of phenols is 1. The van der Waals surface area contributed by atoms with Crippen molar-refractivity contribution >= 4 is 11.8 Å². The highest BCUT2D eigenvalue weighted by Crippen LogP contribution is 2.20. The fraction of sp³-hybridized carbons (Fsp3) is 0.400. The van der Waals surface area contributed by atoms with Crippen molar-refractivity contribution in [3.05, 3.63) is 35.7 Å². The van der Waals surface area contributed by atoms with Crippen LogP contribution in [0.2, 0.25) is 0 Å². The second kappa shape index (κ2) is 6.65. The summed E-state index contributed by atoms with van der Waals surface area (Å²) in [5.74, 6) is -0.334. The molecule has 126 valence electrons. The highest BCUT2D eigenvalue weighted by molar-refractivity contribution is 5.97. The Morgan fingerprint density at radius 1 is 1.17 bits per heavy atom. The number of piperazine rings is 1. The van der Waals surface area contributed by atoms with E-state index >= 15 is 0 Å². The van der Waals surface area contributed by atoms with Crippen molar-refractivity contribution in [3.8, 4) is 5.75 Å². The Kier molecular flexibility index (Phi) is 4.41. The molecule has 0 radical (unpaired) electrons. The van der Waals surface area contributed by atoms with Crippen LogP contribution in [0, 0.1) is 6.92 Å². The van der Waals surface area contributed by atoms with E-state index in [1.54, 1.807) is 21.9 Å². The van der Waals surface area contributed by atoms with E-state index in [1.807, 2.05) is 6.92 Å². The van der Waals surface area contributed by atoms with E-state index in [-0.39, 0.29) is 24.1 Å². The number of amides is 2. The third-order valence-corrected chi connectivity index (χ3v) is 3.99. The van der Waals surface area contributed by atoms with E-state index in [1.165, 1.54) is 17.1 Å². The van der Waals surface area contributed by atoms with Crippen LogP contribution in [0.1, 0.15) is 15.9 Å². The normalized spacial score (nSPS) is 14.7. The van der Waals surface area contributed by atoms with Crippen LogP contribution < -0.4 is 0 Å². The lowest BCUT2D eigenvalue weighted by Gasteiger charge is -2.34. The van der Waals surface area contributed by atoms with Crippen LogP contribution in [0.5, 0.6) is 5.75 Å². The van der Waals surface area contributed by atoms with Crippen LogP contribution in [0.3, 0.4) is 0 Å². The molecular formula is C15H18N6O3. The van der Waals surface area contributed by atoms with Crippen molar-refractivity contribution in [1.29, 1.82) is 0 Å². The van der Waals surface area contributed by atoms with Gasteiger partial charge in [0.05, 0.1) is 5.56 Å². The number of rotatable bonds is 3. The molecule has 1 saturated heterocycles. The molecule has 0 saturated carbocycles. The molecule has 1 aromatic heterocycles. The molecule has 0 aliphatic carbocycles. The van der Waals surface area contributed by atoms with Gasteiger partial charge in [-0.05, 0) is 29.5 Å². The van der Waals surface area contributed by atoms with Gasteiger partial charge in [0.25, 0.3) is 5.91 Å². The summed E-state index contributed by atoms with van der Waals surface area (Å²) in [4.78, 5) is 28.0. The molecule has 0 bridgehead atoms. The molecule has 24 heavy (non-hydrogen) atoms. The van der Waals surface area contributed by atoms with Gasteiger partial charge in [-0.25, -0.2) is 4.68 Å². The van der Waals surface area contributed by atoms with Gasteiger partial charge < -0.3 is 14.9 Å². The van der Waals surface area contributed by atoms with Gasteiger partial charge >= 0.3 is 0 Å². The second-order valence-electron chi connectivity index (χ2n) is 5.70. The SMILES string of the molecule is Cc1ccc(O)c(C(=O)N2CCN(C(=O)Cn3cnnn3)CC2)c1. The summed E-state index contributed by atoms with van der Waals surface area (Å²) >= 11 is 0. The van der Waals surface area contributed by atoms with E-state index in [4.69, 9.17) is 0 Å². The monoisotopic (exact) mass is 330 g/mol. The Bertz CT molecular complexity index is 738. The van der Waals surface area contributed by atoms with Gasteiger partial charge in [-0.15, -0.1) is 5.10 Å². The number of benzene rings is 1. The minimum atomic E-state index is -0.219. The first-order chi connectivity index (χ1) is 11.5. The van der Waals surface area contributed by atoms with Crippen LogP contribution in [0.15, 0.2) is 24.5 Å². The van der Waals surface area contributed by atoms with Gasteiger partial charge in [0.1, 0.15) is 18.6 Å².